The van der Waals surface area contributed by atoms with E-state index in [4.69, 9.17) is 4.74 Å². The lowest BCUT2D eigenvalue weighted by molar-refractivity contribution is -0.113. The fourth-order valence-corrected chi connectivity index (χ4v) is 2.93. The summed E-state index contributed by atoms with van der Waals surface area (Å²) < 4.78 is 5.40. The molecule has 0 atom stereocenters. The number of carbonyl (C=O) groups is 1. The molecule has 1 heterocycles. The number of benzene rings is 2. The van der Waals surface area contributed by atoms with Gasteiger partial charge in [0.2, 0.25) is 0 Å². The van der Waals surface area contributed by atoms with Crippen LogP contribution in [0.15, 0.2) is 48.5 Å². The Morgan fingerprint density at radius 3 is 2.52 bits per heavy atom. The molecule has 3 heteroatoms. The van der Waals surface area contributed by atoms with Gasteiger partial charge >= 0.3 is 0 Å². The zero-order valence-corrected chi connectivity index (χ0v) is 13.7. The average Bonchev–Trinajstić information content (AvgIpc) is 2.81. The van der Waals surface area contributed by atoms with Crippen molar-refractivity contribution in [3.63, 3.8) is 0 Å². The maximum absolute atomic E-state index is 12.9. The number of para-hydroxylation sites is 2. The summed E-state index contributed by atoms with van der Waals surface area (Å²) in [5, 5.41) is 0. The molecule has 0 N–H and O–H groups in total. The Balaban J connectivity index is 2.09. The number of methoxy groups -OCH3 is 1. The van der Waals surface area contributed by atoms with Gasteiger partial charge in [0.05, 0.1) is 12.8 Å². The highest BCUT2D eigenvalue weighted by Crippen LogP contribution is 2.38. The number of amides is 1. The Hall–Kier alpha value is -2.55. The van der Waals surface area contributed by atoms with E-state index >= 15 is 0 Å². The van der Waals surface area contributed by atoms with E-state index < -0.39 is 0 Å². The number of carbonyl (C=O) groups excluding carboxylic acids is 1. The lowest BCUT2D eigenvalue weighted by atomic mass is 10.0. The van der Waals surface area contributed by atoms with Crippen LogP contribution in [-0.2, 0) is 4.79 Å². The predicted molar refractivity (Wildman–Crippen MR) is 94.5 cm³/mol. The van der Waals surface area contributed by atoms with E-state index in [-0.39, 0.29) is 5.91 Å². The fourth-order valence-electron chi connectivity index (χ4n) is 2.93. The minimum absolute atomic E-state index is 0.0609. The van der Waals surface area contributed by atoms with Crippen molar-refractivity contribution in [3.05, 3.63) is 59.7 Å². The smallest absolute Gasteiger partial charge is 0.259 e. The van der Waals surface area contributed by atoms with E-state index in [0.717, 1.165) is 34.7 Å². The highest BCUT2D eigenvalue weighted by molar-refractivity contribution is 6.35. The summed E-state index contributed by atoms with van der Waals surface area (Å²) in [7, 11) is 1.65. The van der Waals surface area contributed by atoms with Crippen LogP contribution in [0.1, 0.15) is 25.0 Å². The van der Waals surface area contributed by atoms with Gasteiger partial charge in [0.25, 0.3) is 5.91 Å². The number of fused-ring (bicyclic) bond motifs is 1. The molecule has 1 aliphatic rings. The zero-order chi connectivity index (χ0) is 16.4. The molecule has 0 spiro atoms. The number of rotatable bonds is 4. The molecule has 1 amide bonds. The highest BCUT2D eigenvalue weighted by atomic mass is 16.5. The van der Waals surface area contributed by atoms with Crippen molar-refractivity contribution in [1.29, 1.82) is 0 Å². The third-order valence-electron chi connectivity index (χ3n) is 3.95. The number of hydrogen-bond donors (Lipinski definition) is 0. The molecular weight excluding hydrogens is 286 g/mol. The van der Waals surface area contributed by atoms with E-state index in [9.17, 15) is 4.79 Å². The topological polar surface area (TPSA) is 29.5 Å². The van der Waals surface area contributed by atoms with E-state index in [1.54, 1.807) is 7.11 Å². The van der Waals surface area contributed by atoms with Crippen molar-refractivity contribution in [1.82, 2.24) is 0 Å². The molecule has 0 aliphatic carbocycles. The van der Waals surface area contributed by atoms with Gasteiger partial charge in [-0.2, -0.15) is 0 Å². The van der Waals surface area contributed by atoms with Crippen molar-refractivity contribution in [2.24, 2.45) is 5.92 Å². The molecular formula is C20H21NO2. The summed E-state index contributed by atoms with van der Waals surface area (Å²) in [5.41, 5.74) is 3.63. The first-order valence-electron chi connectivity index (χ1n) is 7.87. The number of ether oxygens (including phenoxy) is 1. The van der Waals surface area contributed by atoms with Crippen LogP contribution in [0.25, 0.3) is 11.6 Å². The average molecular weight is 307 g/mol. The molecule has 0 fully saturated rings. The standard InChI is InChI=1S/C20H21NO2/c1-14(2)13-21-18-10-6-5-9-16(18)17(20(21)22)12-15-8-4-7-11-19(15)23-3/h4-12,14H,13H2,1-3H3/b17-12-. The molecule has 1 aliphatic heterocycles. The monoisotopic (exact) mass is 307 g/mol. The van der Waals surface area contributed by atoms with E-state index in [1.807, 2.05) is 59.5 Å². The number of nitrogens with zero attached hydrogens (tertiary/aromatic N) is 1. The molecule has 3 rings (SSSR count). The van der Waals surface area contributed by atoms with Gasteiger partial charge in [-0.25, -0.2) is 0 Å². The fraction of sp³-hybridized carbons (Fsp3) is 0.250. The van der Waals surface area contributed by atoms with Gasteiger partial charge in [-0.15, -0.1) is 0 Å². The van der Waals surface area contributed by atoms with E-state index in [0.29, 0.717) is 5.92 Å². The van der Waals surface area contributed by atoms with Gasteiger partial charge < -0.3 is 9.64 Å². The summed E-state index contributed by atoms with van der Waals surface area (Å²) >= 11 is 0. The second-order valence-corrected chi connectivity index (χ2v) is 6.13. The summed E-state index contributed by atoms with van der Waals surface area (Å²) in [5.74, 6) is 1.25. The van der Waals surface area contributed by atoms with Crippen LogP contribution in [0.2, 0.25) is 0 Å². The van der Waals surface area contributed by atoms with Crippen LogP contribution < -0.4 is 9.64 Å². The molecule has 118 valence electrons. The van der Waals surface area contributed by atoms with Crippen LogP contribution in [0.3, 0.4) is 0 Å². The minimum Gasteiger partial charge on any atom is -0.496 e. The molecule has 0 aromatic heterocycles. The molecule has 23 heavy (non-hydrogen) atoms. The first kappa shape index (κ1) is 15.3. The van der Waals surface area contributed by atoms with Crippen molar-refractivity contribution in [2.45, 2.75) is 13.8 Å². The van der Waals surface area contributed by atoms with Crippen LogP contribution in [0.4, 0.5) is 5.69 Å². The van der Waals surface area contributed by atoms with E-state index in [2.05, 4.69) is 13.8 Å². The van der Waals surface area contributed by atoms with Gasteiger partial charge in [0, 0.05) is 23.2 Å². The second-order valence-electron chi connectivity index (χ2n) is 6.13. The number of hydrogen-bond acceptors (Lipinski definition) is 2. The molecule has 2 aromatic rings. The quantitative estimate of drug-likeness (QED) is 0.791. The van der Waals surface area contributed by atoms with Crippen molar-refractivity contribution >= 4 is 23.2 Å². The maximum Gasteiger partial charge on any atom is 0.259 e. The van der Waals surface area contributed by atoms with Gasteiger partial charge in [-0.05, 0) is 24.1 Å². The minimum atomic E-state index is 0.0609. The summed E-state index contributed by atoms with van der Waals surface area (Å²) in [6.07, 6.45) is 1.93. The first-order chi connectivity index (χ1) is 11.1. The molecule has 3 nitrogen and oxygen atoms in total. The molecule has 0 saturated heterocycles. The Kier molecular flexibility index (Phi) is 4.20. The van der Waals surface area contributed by atoms with Crippen LogP contribution >= 0.6 is 0 Å². The molecule has 2 aromatic carbocycles. The maximum atomic E-state index is 12.9. The van der Waals surface area contributed by atoms with Gasteiger partial charge in [0.15, 0.2) is 0 Å². The largest absolute Gasteiger partial charge is 0.496 e. The number of anilines is 1. The SMILES string of the molecule is COc1ccccc1/C=C1\C(=O)N(CC(C)C)c2ccccc21. The van der Waals surface area contributed by atoms with Crippen LogP contribution in [-0.4, -0.2) is 19.6 Å². The van der Waals surface area contributed by atoms with Gasteiger partial charge in [0.1, 0.15) is 5.75 Å². The molecule has 0 radical (unpaired) electrons. The summed E-state index contributed by atoms with van der Waals surface area (Å²) in [6, 6.07) is 15.7. The van der Waals surface area contributed by atoms with Crippen molar-refractivity contribution in [3.8, 4) is 5.75 Å². The molecule has 0 bridgehead atoms. The summed E-state index contributed by atoms with van der Waals surface area (Å²) in [6.45, 7) is 4.97. The third kappa shape index (κ3) is 2.87. The van der Waals surface area contributed by atoms with E-state index in [1.165, 1.54) is 0 Å². The first-order valence-corrected chi connectivity index (χ1v) is 7.87. The lowest BCUT2D eigenvalue weighted by Gasteiger charge is -2.19. The summed E-state index contributed by atoms with van der Waals surface area (Å²) in [4.78, 5) is 14.8. The van der Waals surface area contributed by atoms with Crippen molar-refractivity contribution < 1.29 is 9.53 Å². The Bertz CT molecular complexity index is 762. The second kappa shape index (κ2) is 6.29. The normalized spacial score (nSPS) is 15.4. The molecule has 0 saturated carbocycles. The third-order valence-corrected chi connectivity index (χ3v) is 3.95. The van der Waals surface area contributed by atoms with Crippen LogP contribution in [0.5, 0.6) is 5.75 Å². The predicted octanol–water partition coefficient (Wildman–Crippen LogP) is 4.24. The Morgan fingerprint density at radius 2 is 1.78 bits per heavy atom. The Morgan fingerprint density at radius 1 is 1.09 bits per heavy atom. The molecule has 0 unspecified atom stereocenters. The van der Waals surface area contributed by atoms with Crippen molar-refractivity contribution in [2.75, 3.05) is 18.6 Å². The highest BCUT2D eigenvalue weighted by Gasteiger charge is 2.32. The van der Waals surface area contributed by atoms with Gasteiger partial charge in [-0.3, -0.25) is 4.79 Å². The Labute approximate surface area is 137 Å². The van der Waals surface area contributed by atoms with Crippen LogP contribution in [0, 0.1) is 5.92 Å². The van der Waals surface area contributed by atoms with Gasteiger partial charge in [-0.1, -0.05) is 50.2 Å². The zero-order valence-electron chi connectivity index (χ0n) is 13.7. The lowest BCUT2D eigenvalue weighted by Crippen LogP contribution is -2.30.